The Morgan fingerprint density at radius 3 is 2.49 bits per heavy atom. The van der Waals surface area contributed by atoms with Crippen LogP contribution in [0.25, 0.3) is 10.6 Å². The summed E-state index contributed by atoms with van der Waals surface area (Å²) in [5.74, 6) is -0.924. The van der Waals surface area contributed by atoms with E-state index in [1.54, 1.807) is 11.3 Å². The van der Waals surface area contributed by atoms with Gasteiger partial charge < -0.3 is 27.3 Å². The molecule has 3 aromatic rings. The number of anilines is 2. The van der Waals surface area contributed by atoms with Gasteiger partial charge in [0.15, 0.2) is 28.4 Å². The van der Waals surface area contributed by atoms with Crippen molar-refractivity contribution in [3.05, 3.63) is 51.7 Å². The van der Waals surface area contributed by atoms with Gasteiger partial charge in [-0.1, -0.05) is 35.9 Å². The molecule has 0 bridgehead atoms. The van der Waals surface area contributed by atoms with Crippen molar-refractivity contribution >= 4 is 52.5 Å². The lowest BCUT2D eigenvalue weighted by atomic mass is 10.1. The van der Waals surface area contributed by atoms with Crippen molar-refractivity contribution < 1.29 is 14.3 Å². The molecule has 2 heterocycles. The smallest absolute Gasteiger partial charge is 0.407 e. The number of unbranched alkanes of at least 4 members (excludes halogenated alkanes) is 1. The zero-order valence-electron chi connectivity index (χ0n) is 23.4. The second kappa shape index (κ2) is 14.6. The van der Waals surface area contributed by atoms with Crippen molar-refractivity contribution in [2.75, 3.05) is 24.6 Å². The van der Waals surface area contributed by atoms with Crippen LogP contribution in [0.1, 0.15) is 61.0 Å². The van der Waals surface area contributed by atoms with Crippen LogP contribution in [0.3, 0.4) is 0 Å². The number of benzene rings is 1. The van der Waals surface area contributed by atoms with Gasteiger partial charge in [0.1, 0.15) is 10.6 Å². The van der Waals surface area contributed by atoms with E-state index in [2.05, 4.69) is 54.8 Å². The van der Waals surface area contributed by atoms with E-state index in [4.69, 9.17) is 33.5 Å². The number of hydrogen-bond acceptors (Lipinski definition) is 10. The number of halogens is 1. The summed E-state index contributed by atoms with van der Waals surface area (Å²) in [5.41, 5.74) is 18.6. The van der Waals surface area contributed by atoms with Crippen molar-refractivity contribution in [3.63, 3.8) is 0 Å². The second-order valence-corrected chi connectivity index (χ2v) is 11.6. The SMILES string of the molecule is CC(C)(C)OC(=O)NCCCc1cnc(-c2ccc(CCCCN=C(N)NC(=O)c3nc(Cl)c(N)nc3N)cc2)s1. The molecule has 220 valence electrons. The molecule has 0 atom stereocenters. The molecule has 3 rings (SSSR count). The van der Waals surface area contributed by atoms with Crippen LogP contribution in [0.15, 0.2) is 35.5 Å². The number of thiazole rings is 1. The summed E-state index contributed by atoms with van der Waals surface area (Å²) in [6.07, 6.45) is 5.70. The number of nitrogens with two attached hydrogens (primary N) is 3. The number of ether oxygens (including phenoxy) is 1. The Labute approximate surface area is 248 Å². The number of guanidine groups is 1. The first kappa shape index (κ1) is 31.6. The molecule has 2 aromatic heterocycles. The minimum absolute atomic E-state index is 0.0457. The van der Waals surface area contributed by atoms with Gasteiger partial charge in [-0.05, 0) is 58.4 Å². The maximum Gasteiger partial charge on any atom is 0.407 e. The van der Waals surface area contributed by atoms with Gasteiger partial charge in [-0.25, -0.2) is 19.7 Å². The number of alkyl carbamates (subject to hydrolysis) is 1. The fraction of sp³-hybridized carbons (Fsp3) is 0.407. The van der Waals surface area contributed by atoms with Crippen molar-refractivity contribution in [2.45, 2.75) is 58.5 Å². The van der Waals surface area contributed by atoms with E-state index in [0.29, 0.717) is 13.1 Å². The summed E-state index contributed by atoms with van der Waals surface area (Å²) in [6, 6.07) is 8.35. The first-order valence-electron chi connectivity index (χ1n) is 13.1. The van der Waals surface area contributed by atoms with Crippen LogP contribution >= 0.6 is 22.9 Å². The number of aryl methyl sites for hydroxylation is 2. The number of nitrogens with zero attached hydrogens (tertiary/aromatic N) is 4. The average molecular weight is 602 g/mol. The maximum atomic E-state index is 12.3. The zero-order chi connectivity index (χ0) is 30.0. The summed E-state index contributed by atoms with van der Waals surface area (Å²) >= 11 is 7.46. The lowest BCUT2D eigenvalue weighted by Crippen LogP contribution is -2.38. The number of aromatic nitrogens is 3. The molecule has 14 heteroatoms. The summed E-state index contributed by atoms with van der Waals surface area (Å²) in [5, 5.41) is 6.05. The van der Waals surface area contributed by atoms with Gasteiger partial charge >= 0.3 is 6.09 Å². The van der Waals surface area contributed by atoms with E-state index < -0.39 is 17.6 Å². The molecule has 0 saturated carbocycles. The van der Waals surface area contributed by atoms with Crippen LogP contribution in [0.2, 0.25) is 5.15 Å². The molecule has 2 amide bonds. The normalized spacial score (nSPS) is 11.8. The Hall–Kier alpha value is -3.97. The van der Waals surface area contributed by atoms with Crippen molar-refractivity contribution in [2.24, 2.45) is 10.7 Å². The quantitative estimate of drug-likeness (QED) is 0.123. The molecule has 8 N–H and O–H groups in total. The summed E-state index contributed by atoms with van der Waals surface area (Å²) < 4.78 is 5.25. The zero-order valence-corrected chi connectivity index (χ0v) is 24.9. The van der Waals surface area contributed by atoms with E-state index in [1.165, 1.54) is 10.4 Å². The molecule has 0 radical (unpaired) electrons. The maximum absolute atomic E-state index is 12.3. The first-order valence-corrected chi connectivity index (χ1v) is 14.3. The predicted octanol–water partition coefficient (Wildman–Crippen LogP) is 3.94. The van der Waals surface area contributed by atoms with Gasteiger partial charge in [-0.2, -0.15) is 0 Å². The number of amides is 2. The Balaban J connectivity index is 1.37. The van der Waals surface area contributed by atoms with Crippen molar-refractivity contribution in [1.29, 1.82) is 0 Å². The van der Waals surface area contributed by atoms with Crippen LogP contribution in [-0.4, -0.2) is 51.6 Å². The highest BCUT2D eigenvalue weighted by Gasteiger charge is 2.17. The molecule has 0 fully saturated rings. The van der Waals surface area contributed by atoms with Crippen LogP contribution in [0, 0.1) is 0 Å². The molecule has 41 heavy (non-hydrogen) atoms. The monoisotopic (exact) mass is 601 g/mol. The lowest BCUT2D eigenvalue weighted by Gasteiger charge is -2.19. The Morgan fingerprint density at radius 2 is 1.78 bits per heavy atom. The topological polar surface area (TPSA) is 197 Å². The van der Waals surface area contributed by atoms with Gasteiger partial charge in [0.2, 0.25) is 0 Å². The van der Waals surface area contributed by atoms with E-state index in [9.17, 15) is 9.59 Å². The number of carbonyl (C=O) groups is 2. The Kier molecular flexibility index (Phi) is 11.2. The highest BCUT2D eigenvalue weighted by Crippen LogP contribution is 2.26. The standard InChI is InChI=1S/C27H36ClN9O3S/c1-27(2,3)40-26(39)33-14-6-8-18-15-34-24(41-18)17-11-9-16(10-12-17)7-4-5-13-32-25(31)37-23(38)19-21(29)36-22(30)20(28)35-19/h9-12,15H,4-8,13-14H2,1-3H3,(H,33,39)(H4,29,30,36)(H3,31,32,37,38). The Morgan fingerprint density at radius 1 is 1.05 bits per heavy atom. The van der Waals surface area contributed by atoms with Crippen molar-refractivity contribution in [3.8, 4) is 10.6 Å². The fourth-order valence-corrected chi connectivity index (χ4v) is 4.69. The Bertz CT molecular complexity index is 1370. The van der Waals surface area contributed by atoms with E-state index in [-0.39, 0.29) is 28.4 Å². The third kappa shape index (κ3) is 10.5. The first-order chi connectivity index (χ1) is 19.4. The van der Waals surface area contributed by atoms with E-state index in [0.717, 1.165) is 42.7 Å². The van der Waals surface area contributed by atoms with Crippen LogP contribution in [0.4, 0.5) is 16.4 Å². The summed E-state index contributed by atoms with van der Waals surface area (Å²) in [4.78, 5) is 41.5. The van der Waals surface area contributed by atoms with Gasteiger partial charge in [0.25, 0.3) is 5.91 Å². The van der Waals surface area contributed by atoms with Crippen LogP contribution < -0.4 is 27.8 Å². The third-order valence-electron chi connectivity index (χ3n) is 5.54. The number of hydrogen-bond donors (Lipinski definition) is 5. The highest BCUT2D eigenvalue weighted by atomic mass is 35.5. The number of nitrogens with one attached hydrogen (secondary N) is 2. The van der Waals surface area contributed by atoms with Crippen LogP contribution in [-0.2, 0) is 17.6 Å². The van der Waals surface area contributed by atoms with Crippen molar-refractivity contribution in [1.82, 2.24) is 25.6 Å². The third-order valence-corrected chi connectivity index (χ3v) is 6.92. The lowest BCUT2D eigenvalue weighted by molar-refractivity contribution is 0.0527. The fourth-order valence-electron chi connectivity index (χ4n) is 3.60. The molecule has 0 aliphatic rings. The number of rotatable bonds is 11. The van der Waals surface area contributed by atoms with Crippen LogP contribution in [0.5, 0.6) is 0 Å². The molecule has 0 saturated heterocycles. The number of nitrogen functional groups attached to an aromatic ring is 2. The minimum atomic E-state index is -0.666. The summed E-state index contributed by atoms with van der Waals surface area (Å²) in [6.45, 7) is 6.52. The van der Waals surface area contributed by atoms with E-state index >= 15 is 0 Å². The average Bonchev–Trinajstić information content (AvgIpc) is 3.37. The minimum Gasteiger partial charge on any atom is -0.444 e. The van der Waals surface area contributed by atoms with E-state index in [1.807, 2.05) is 27.0 Å². The molecule has 12 nitrogen and oxygen atoms in total. The molecule has 0 unspecified atom stereocenters. The van der Waals surface area contributed by atoms with Gasteiger partial charge in [-0.3, -0.25) is 15.1 Å². The van der Waals surface area contributed by atoms with Gasteiger partial charge in [0.05, 0.1) is 0 Å². The highest BCUT2D eigenvalue weighted by molar-refractivity contribution is 7.15. The molecule has 0 aliphatic carbocycles. The number of carbonyl (C=O) groups excluding carboxylic acids is 2. The van der Waals surface area contributed by atoms with Gasteiger partial charge in [-0.15, -0.1) is 11.3 Å². The number of aliphatic imine (C=N–C) groups is 1. The molecule has 0 spiro atoms. The second-order valence-electron chi connectivity index (χ2n) is 10.2. The molecule has 1 aromatic carbocycles. The molecule has 0 aliphatic heterocycles. The molecular weight excluding hydrogens is 566 g/mol. The predicted molar refractivity (Wildman–Crippen MR) is 163 cm³/mol. The molecular formula is C27H36ClN9O3S. The summed E-state index contributed by atoms with van der Waals surface area (Å²) in [7, 11) is 0. The largest absolute Gasteiger partial charge is 0.444 e. The van der Waals surface area contributed by atoms with Gasteiger partial charge in [0, 0.05) is 29.7 Å².